The predicted molar refractivity (Wildman–Crippen MR) is 116 cm³/mol. The Bertz CT molecular complexity index is 1510. The number of hydrogen-bond donors (Lipinski definition) is 3. The molecule has 0 amide bonds. The fourth-order valence-electron chi connectivity index (χ4n) is 4.00. The highest BCUT2D eigenvalue weighted by molar-refractivity contribution is 6.01. The lowest BCUT2D eigenvalue weighted by molar-refractivity contribution is 0.628. The van der Waals surface area contributed by atoms with Crippen molar-refractivity contribution in [3.05, 3.63) is 84.9 Å². The zero-order valence-corrected chi connectivity index (χ0v) is 15.8. The smallest absolute Gasteiger partial charge is 0.123 e. The van der Waals surface area contributed by atoms with Crippen LogP contribution in [0, 0.1) is 5.82 Å². The number of aromatic amines is 3. The van der Waals surface area contributed by atoms with Gasteiger partial charge in [-0.25, -0.2) is 4.39 Å². The summed E-state index contributed by atoms with van der Waals surface area (Å²) in [5.74, 6) is -0.245. The third-order valence-electron chi connectivity index (χ3n) is 5.45. The van der Waals surface area contributed by atoms with Gasteiger partial charge in [0, 0.05) is 28.0 Å². The zero-order chi connectivity index (χ0) is 20.1. The van der Waals surface area contributed by atoms with E-state index in [9.17, 15) is 4.39 Å². The summed E-state index contributed by atoms with van der Waals surface area (Å²) in [6.45, 7) is 0. The van der Waals surface area contributed by atoms with Crippen molar-refractivity contribution < 1.29 is 4.39 Å². The minimum absolute atomic E-state index is 0.245. The number of halogens is 1. The molecule has 0 fully saturated rings. The molecule has 0 spiro atoms. The van der Waals surface area contributed by atoms with E-state index < -0.39 is 0 Å². The molecule has 0 aliphatic rings. The van der Waals surface area contributed by atoms with E-state index in [1.165, 1.54) is 6.07 Å². The summed E-state index contributed by atoms with van der Waals surface area (Å²) < 4.78 is 13.8. The van der Waals surface area contributed by atoms with Crippen LogP contribution in [0.3, 0.4) is 0 Å². The second-order valence-electron chi connectivity index (χ2n) is 7.28. The lowest BCUT2D eigenvalue weighted by Crippen LogP contribution is -1.80. The van der Waals surface area contributed by atoms with Gasteiger partial charge in [-0.2, -0.15) is 10.2 Å². The molecule has 0 radical (unpaired) electrons. The van der Waals surface area contributed by atoms with Gasteiger partial charge >= 0.3 is 0 Å². The highest BCUT2D eigenvalue weighted by Gasteiger charge is 2.14. The van der Waals surface area contributed by atoms with Crippen molar-refractivity contribution in [3.63, 3.8) is 0 Å². The van der Waals surface area contributed by atoms with Crippen molar-refractivity contribution in [3.8, 4) is 33.6 Å². The standard InChI is InChI=1S/C24H16FN5/c25-17-4-1-3-15(9-17)18-5-2-6-21-19(18)11-23(28-21)24-20-10-14(16-12-26-27-13-16)7-8-22(20)29-30-24/h1-13,28H,(H,26,27)(H,29,30). The molecule has 0 unspecified atom stereocenters. The van der Waals surface area contributed by atoms with Crippen LogP contribution < -0.4 is 0 Å². The fourth-order valence-corrected chi connectivity index (χ4v) is 4.00. The molecule has 6 rings (SSSR count). The van der Waals surface area contributed by atoms with Gasteiger partial charge in [0.2, 0.25) is 0 Å². The molecule has 30 heavy (non-hydrogen) atoms. The van der Waals surface area contributed by atoms with Crippen molar-refractivity contribution in [2.45, 2.75) is 0 Å². The molecule has 6 heteroatoms. The Labute approximate surface area is 170 Å². The lowest BCUT2D eigenvalue weighted by Gasteiger charge is -2.03. The maximum absolute atomic E-state index is 13.8. The molecule has 0 atom stereocenters. The van der Waals surface area contributed by atoms with Gasteiger partial charge in [0.25, 0.3) is 0 Å². The normalized spacial score (nSPS) is 11.5. The molecule has 6 aromatic rings. The average Bonchev–Trinajstić information content (AvgIpc) is 3.51. The summed E-state index contributed by atoms with van der Waals surface area (Å²) in [4.78, 5) is 3.47. The molecule has 0 aliphatic carbocycles. The summed E-state index contributed by atoms with van der Waals surface area (Å²) in [5, 5.41) is 16.6. The van der Waals surface area contributed by atoms with Crippen LogP contribution in [0.1, 0.15) is 0 Å². The monoisotopic (exact) mass is 393 g/mol. The number of nitrogens with zero attached hydrogens (tertiary/aromatic N) is 2. The highest BCUT2D eigenvalue weighted by Crippen LogP contribution is 2.35. The van der Waals surface area contributed by atoms with E-state index in [-0.39, 0.29) is 5.82 Å². The first-order valence-corrected chi connectivity index (χ1v) is 9.61. The summed E-state index contributed by atoms with van der Waals surface area (Å²) in [6, 6.07) is 20.9. The Morgan fingerprint density at radius 2 is 1.70 bits per heavy atom. The molecule has 3 heterocycles. The van der Waals surface area contributed by atoms with Gasteiger partial charge in [0.15, 0.2) is 0 Å². The summed E-state index contributed by atoms with van der Waals surface area (Å²) in [6.07, 6.45) is 3.67. The lowest BCUT2D eigenvalue weighted by atomic mass is 10.0. The first-order valence-electron chi connectivity index (χ1n) is 9.61. The van der Waals surface area contributed by atoms with Crippen LogP contribution in [0.4, 0.5) is 4.39 Å². The number of rotatable bonds is 3. The van der Waals surface area contributed by atoms with Gasteiger partial charge in [-0.3, -0.25) is 10.2 Å². The molecule has 0 bridgehead atoms. The van der Waals surface area contributed by atoms with Crippen LogP contribution in [-0.2, 0) is 0 Å². The van der Waals surface area contributed by atoms with Gasteiger partial charge in [-0.05, 0) is 53.1 Å². The van der Waals surface area contributed by atoms with Gasteiger partial charge < -0.3 is 4.98 Å². The number of fused-ring (bicyclic) bond motifs is 2. The maximum atomic E-state index is 13.8. The van der Waals surface area contributed by atoms with E-state index in [4.69, 9.17) is 0 Å². The van der Waals surface area contributed by atoms with Crippen LogP contribution in [0.2, 0.25) is 0 Å². The van der Waals surface area contributed by atoms with E-state index in [1.54, 1.807) is 18.3 Å². The second-order valence-corrected chi connectivity index (χ2v) is 7.28. The van der Waals surface area contributed by atoms with Crippen molar-refractivity contribution in [2.24, 2.45) is 0 Å². The third kappa shape index (κ3) is 2.62. The van der Waals surface area contributed by atoms with E-state index in [2.05, 4.69) is 37.5 Å². The topological polar surface area (TPSA) is 73.2 Å². The molecule has 3 aromatic carbocycles. The third-order valence-corrected chi connectivity index (χ3v) is 5.45. The minimum Gasteiger partial charge on any atom is -0.353 e. The van der Waals surface area contributed by atoms with Gasteiger partial charge in [0.05, 0.1) is 17.4 Å². The van der Waals surface area contributed by atoms with Crippen LogP contribution in [0.25, 0.3) is 55.4 Å². The minimum atomic E-state index is -0.245. The SMILES string of the molecule is Fc1cccc(-c2cccc3[nH]c(-c4n[nH]c5ccc(-c6cn[nH]c6)cc45)cc23)c1. The largest absolute Gasteiger partial charge is 0.353 e. The molecule has 0 saturated carbocycles. The molecular formula is C24H16FN5. The first kappa shape index (κ1) is 16.7. The van der Waals surface area contributed by atoms with Gasteiger partial charge in [0.1, 0.15) is 11.5 Å². The van der Waals surface area contributed by atoms with Crippen LogP contribution in [0.5, 0.6) is 0 Å². The van der Waals surface area contributed by atoms with Crippen molar-refractivity contribution >= 4 is 21.8 Å². The Morgan fingerprint density at radius 3 is 2.57 bits per heavy atom. The Morgan fingerprint density at radius 1 is 0.767 bits per heavy atom. The quantitative estimate of drug-likeness (QED) is 0.350. The van der Waals surface area contributed by atoms with Crippen molar-refractivity contribution in [1.82, 2.24) is 25.4 Å². The van der Waals surface area contributed by atoms with E-state index in [1.807, 2.05) is 42.6 Å². The number of H-pyrrole nitrogens is 3. The molecule has 0 saturated heterocycles. The molecule has 5 nitrogen and oxygen atoms in total. The van der Waals surface area contributed by atoms with E-state index in [0.717, 1.165) is 55.4 Å². The average molecular weight is 393 g/mol. The zero-order valence-electron chi connectivity index (χ0n) is 15.8. The number of aromatic nitrogens is 5. The second kappa shape index (κ2) is 6.42. The van der Waals surface area contributed by atoms with Crippen LogP contribution in [0.15, 0.2) is 79.1 Å². The summed E-state index contributed by atoms with van der Waals surface area (Å²) >= 11 is 0. The molecule has 144 valence electrons. The predicted octanol–water partition coefficient (Wildman–Crippen LogP) is 5.91. The maximum Gasteiger partial charge on any atom is 0.123 e. The molecule has 3 aromatic heterocycles. The fraction of sp³-hybridized carbons (Fsp3) is 0. The number of nitrogens with one attached hydrogen (secondary N) is 3. The van der Waals surface area contributed by atoms with E-state index >= 15 is 0 Å². The number of hydrogen-bond acceptors (Lipinski definition) is 2. The van der Waals surface area contributed by atoms with Gasteiger partial charge in [-0.15, -0.1) is 0 Å². The summed E-state index contributed by atoms with van der Waals surface area (Å²) in [7, 11) is 0. The van der Waals surface area contributed by atoms with Crippen LogP contribution >= 0.6 is 0 Å². The van der Waals surface area contributed by atoms with Gasteiger partial charge in [-0.1, -0.05) is 30.3 Å². The molecular weight excluding hydrogens is 377 g/mol. The molecule has 0 aliphatic heterocycles. The Kier molecular flexibility index (Phi) is 3.58. The van der Waals surface area contributed by atoms with Crippen LogP contribution in [-0.4, -0.2) is 25.4 Å². The van der Waals surface area contributed by atoms with E-state index in [0.29, 0.717) is 0 Å². The van der Waals surface area contributed by atoms with Crippen molar-refractivity contribution in [1.29, 1.82) is 0 Å². The highest BCUT2D eigenvalue weighted by atomic mass is 19.1. The van der Waals surface area contributed by atoms with Crippen molar-refractivity contribution in [2.75, 3.05) is 0 Å². The Balaban J connectivity index is 1.53. The molecule has 3 N–H and O–H groups in total. The number of benzene rings is 3. The summed E-state index contributed by atoms with van der Waals surface area (Å²) in [5.41, 5.74) is 7.61. The Hall–Kier alpha value is -4.19. The first-order chi connectivity index (χ1) is 14.8.